The lowest BCUT2D eigenvalue weighted by molar-refractivity contribution is 0.355. The third kappa shape index (κ3) is 3.65. The lowest BCUT2D eigenvalue weighted by Gasteiger charge is -2.12. The van der Waals surface area contributed by atoms with Crippen molar-refractivity contribution in [1.82, 2.24) is 0 Å². The summed E-state index contributed by atoms with van der Waals surface area (Å²) in [5, 5.41) is 13.8. The Kier molecular flexibility index (Phi) is 5.04. The summed E-state index contributed by atoms with van der Waals surface area (Å²) in [5.74, 6) is 1.29. The summed E-state index contributed by atoms with van der Waals surface area (Å²) in [6, 6.07) is 8.62. The first-order chi connectivity index (χ1) is 10.0. The minimum absolute atomic E-state index is 0.0223. The van der Waals surface area contributed by atoms with Crippen molar-refractivity contribution < 1.29 is 14.6 Å². The monoisotopic (exact) mass is 327 g/mol. The SMILES string of the molecule is COc1ccc(NCc2cc(Cl)cc(Cl)c2O)cc1OC. The van der Waals surface area contributed by atoms with Gasteiger partial charge in [0, 0.05) is 28.9 Å². The molecular weight excluding hydrogens is 313 g/mol. The first-order valence-electron chi connectivity index (χ1n) is 6.18. The van der Waals surface area contributed by atoms with Gasteiger partial charge in [-0.25, -0.2) is 0 Å². The molecule has 112 valence electrons. The fourth-order valence-electron chi connectivity index (χ4n) is 1.90. The molecule has 0 spiro atoms. The van der Waals surface area contributed by atoms with E-state index in [0.29, 0.717) is 28.6 Å². The quantitative estimate of drug-likeness (QED) is 0.858. The molecule has 6 heteroatoms. The van der Waals surface area contributed by atoms with Crippen LogP contribution in [-0.2, 0) is 6.54 Å². The van der Waals surface area contributed by atoms with Crippen LogP contribution < -0.4 is 14.8 Å². The zero-order valence-electron chi connectivity index (χ0n) is 11.6. The van der Waals surface area contributed by atoms with Crippen LogP contribution in [0.5, 0.6) is 17.2 Å². The Morgan fingerprint density at radius 1 is 1.05 bits per heavy atom. The molecule has 2 aromatic rings. The molecule has 0 heterocycles. The number of hydrogen-bond donors (Lipinski definition) is 2. The van der Waals surface area contributed by atoms with Crippen LogP contribution in [0.1, 0.15) is 5.56 Å². The van der Waals surface area contributed by atoms with E-state index in [1.54, 1.807) is 26.4 Å². The molecule has 2 rings (SSSR count). The molecule has 21 heavy (non-hydrogen) atoms. The highest BCUT2D eigenvalue weighted by molar-refractivity contribution is 6.35. The van der Waals surface area contributed by atoms with E-state index in [0.717, 1.165) is 5.69 Å². The Morgan fingerprint density at radius 2 is 1.76 bits per heavy atom. The predicted octanol–water partition coefficient (Wildman–Crippen LogP) is 4.33. The number of methoxy groups -OCH3 is 2. The zero-order valence-corrected chi connectivity index (χ0v) is 13.1. The number of phenolic OH excluding ortho intramolecular Hbond substituents is 1. The van der Waals surface area contributed by atoms with Gasteiger partial charge in [0.05, 0.1) is 19.2 Å². The highest BCUT2D eigenvalue weighted by atomic mass is 35.5. The van der Waals surface area contributed by atoms with E-state index in [1.807, 2.05) is 12.1 Å². The molecule has 0 aliphatic carbocycles. The Morgan fingerprint density at radius 3 is 2.43 bits per heavy atom. The second-order valence-electron chi connectivity index (χ2n) is 4.32. The Labute approximate surface area is 133 Å². The summed E-state index contributed by atoms with van der Waals surface area (Å²) in [6.07, 6.45) is 0. The summed E-state index contributed by atoms with van der Waals surface area (Å²) >= 11 is 11.8. The molecule has 0 fully saturated rings. The van der Waals surface area contributed by atoms with Crippen LogP contribution in [0, 0.1) is 0 Å². The van der Waals surface area contributed by atoms with E-state index in [2.05, 4.69) is 5.32 Å². The normalized spacial score (nSPS) is 10.3. The minimum Gasteiger partial charge on any atom is -0.506 e. The lowest BCUT2D eigenvalue weighted by Crippen LogP contribution is -2.01. The first kappa shape index (κ1) is 15.6. The van der Waals surface area contributed by atoms with E-state index in [1.165, 1.54) is 6.07 Å². The number of halogens is 2. The molecule has 0 atom stereocenters. The maximum Gasteiger partial charge on any atom is 0.162 e. The van der Waals surface area contributed by atoms with Gasteiger partial charge in [0.15, 0.2) is 11.5 Å². The van der Waals surface area contributed by atoms with Gasteiger partial charge in [0.25, 0.3) is 0 Å². The number of phenols is 1. The average Bonchev–Trinajstić information content (AvgIpc) is 2.49. The standard InChI is InChI=1S/C15H15Cl2NO3/c1-20-13-4-3-11(7-14(13)21-2)18-8-9-5-10(16)6-12(17)15(9)19/h3-7,18-19H,8H2,1-2H3. The summed E-state index contributed by atoms with van der Waals surface area (Å²) in [7, 11) is 3.15. The fraction of sp³-hybridized carbons (Fsp3) is 0.200. The smallest absolute Gasteiger partial charge is 0.162 e. The second-order valence-corrected chi connectivity index (χ2v) is 5.16. The molecule has 2 N–H and O–H groups in total. The number of aromatic hydroxyl groups is 1. The van der Waals surface area contributed by atoms with E-state index < -0.39 is 0 Å². The molecule has 0 saturated carbocycles. The van der Waals surface area contributed by atoms with Crippen molar-refractivity contribution in [3.63, 3.8) is 0 Å². The summed E-state index contributed by atoms with van der Waals surface area (Å²) in [6.45, 7) is 0.377. The molecule has 0 aliphatic rings. The molecule has 0 radical (unpaired) electrons. The third-order valence-electron chi connectivity index (χ3n) is 2.97. The van der Waals surface area contributed by atoms with E-state index >= 15 is 0 Å². The number of rotatable bonds is 5. The van der Waals surface area contributed by atoms with Crippen molar-refractivity contribution in [3.8, 4) is 17.2 Å². The molecule has 0 aromatic heterocycles. The van der Waals surface area contributed by atoms with Gasteiger partial charge in [0.1, 0.15) is 5.75 Å². The van der Waals surface area contributed by atoms with Crippen LogP contribution in [0.15, 0.2) is 30.3 Å². The number of nitrogens with one attached hydrogen (secondary N) is 1. The van der Waals surface area contributed by atoms with Crippen LogP contribution in [0.2, 0.25) is 10.0 Å². The summed E-state index contributed by atoms with van der Waals surface area (Å²) < 4.78 is 10.4. The summed E-state index contributed by atoms with van der Waals surface area (Å²) in [5.41, 5.74) is 1.44. The van der Waals surface area contributed by atoms with Gasteiger partial charge in [-0.15, -0.1) is 0 Å². The lowest BCUT2D eigenvalue weighted by atomic mass is 10.2. The van der Waals surface area contributed by atoms with Gasteiger partial charge < -0.3 is 19.9 Å². The van der Waals surface area contributed by atoms with Crippen LogP contribution in [-0.4, -0.2) is 19.3 Å². The van der Waals surface area contributed by atoms with Crippen molar-refractivity contribution in [1.29, 1.82) is 0 Å². The predicted molar refractivity (Wildman–Crippen MR) is 85.0 cm³/mol. The fourth-order valence-corrected chi connectivity index (χ4v) is 2.43. The Bertz CT molecular complexity index is 647. The number of hydrogen-bond acceptors (Lipinski definition) is 4. The maximum atomic E-state index is 9.91. The number of benzene rings is 2. The molecule has 0 saturated heterocycles. The first-order valence-corrected chi connectivity index (χ1v) is 6.93. The molecule has 0 bridgehead atoms. The zero-order chi connectivity index (χ0) is 15.4. The highest BCUT2D eigenvalue weighted by Crippen LogP contribution is 2.33. The largest absolute Gasteiger partial charge is 0.506 e. The van der Waals surface area contributed by atoms with Gasteiger partial charge in [-0.05, 0) is 24.3 Å². The maximum absolute atomic E-state index is 9.91. The van der Waals surface area contributed by atoms with Crippen LogP contribution in [0.25, 0.3) is 0 Å². The highest BCUT2D eigenvalue weighted by Gasteiger charge is 2.09. The van der Waals surface area contributed by atoms with Gasteiger partial charge in [-0.3, -0.25) is 0 Å². The van der Waals surface area contributed by atoms with E-state index in [-0.39, 0.29) is 10.8 Å². The van der Waals surface area contributed by atoms with E-state index in [9.17, 15) is 5.11 Å². The van der Waals surface area contributed by atoms with Crippen LogP contribution >= 0.6 is 23.2 Å². The van der Waals surface area contributed by atoms with E-state index in [4.69, 9.17) is 32.7 Å². The third-order valence-corrected chi connectivity index (χ3v) is 3.48. The number of anilines is 1. The minimum atomic E-state index is 0.0223. The van der Waals surface area contributed by atoms with Crippen molar-refractivity contribution in [2.45, 2.75) is 6.54 Å². The molecule has 0 amide bonds. The van der Waals surface area contributed by atoms with Crippen molar-refractivity contribution in [2.75, 3.05) is 19.5 Å². The Hall–Kier alpha value is -1.78. The van der Waals surface area contributed by atoms with Gasteiger partial charge >= 0.3 is 0 Å². The topological polar surface area (TPSA) is 50.7 Å². The van der Waals surface area contributed by atoms with Crippen molar-refractivity contribution >= 4 is 28.9 Å². The van der Waals surface area contributed by atoms with Crippen LogP contribution in [0.4, 0.5) is 5.69 Å². The summed E-state index contributed by atoms with van der Waals surface area (Å²) in [4.78, 5) is 0. The second kappa shape index (κ2) is 6.78. The van der Waals surface area contributed by atoms with Gasteiger partial charge in [0.2, 0.25) is 0 Å². The van der Waals surface area contributed by atoms with Gasteiger partial charge in [-0.1, -0.05) is 23.2 Å². The molecule has 4 nitrogen and oxygen atoms in total. The molecule has 0 unspecified atom stereocenters. The molecular formula is C15H15Cl2NO3. The molecule has 0 aliphatic heterocycles. The average molecular weight is 328 g/mol. The number of ether oxygens (including phenoxy) is 2. The van der Waals surface area contributed by atoms with Crippen molar-refractivity contribution in [2.24, 2.45) is 0 Å². The molecule has 2 aromatic carbocycles. The van der Waals surface area contributed by atoms with Crippen molar-refractivity contribution in [3.05, 3.63) is 45.9 Å². The van der Waals surface area contributed by atoms with Gasteiger partial charge in [-0.2, -0.15) is 0 Å². The Balaban J connectivity index is 2.17. The van der Waals surface area contributed by atoms with Crippen LogP contribution in [0.3, 0.4) is 0 Å².